The number of benzene rings is 2. The van der Waals surface area contributed by atoms with Crippen molar-refractivity contribution in [1.82, 2.24) is 5.43 Å². The van der Waals surface area contributed by atoms with Crippen LogP contribution in [0.4, 0.5) is 5.69 Å². The van der Waals surface area contributed by atoms with E-state index in [1.165, 1.54) is 6.21 Å². The van der Waals surface area contributed by atoms with Crippen LogP contribution in [-0.2, 0) is 11.2 Å². The number of hydrazone groups is 1. The number of nitrogens with zero attached hydrogens (tertiary/aromatic N) is 1. The first-order chi connectivity index (χ1) is 11.6. The average molecular weight is 435 g/mol. The van der Waals surface area contributed by atoms with Crippen LogP contribution >= 0.6 is 22.6 Å². The van der Waals surface area contributed by atoms with E-state index in [-0.39, 0.29) is 18.2 Å². The van der Waals surface area contributed by atoms with Gasteiger partial charge in [0.25, 0.3) is 5.91 Å². The molecule has 0 fully saturated rings. The number of anilines is 1. The van der Waals surface area contributed by atoms with E-state index in [0.29, 0.717) is 12.0 Å². The Balaban J connectivity index is 1.87. The highest BCUT2D eigenvalue weighted by atomic mass is 127. The third-order valence-corrected chi connectivity index (χ3v) is 3.92. The molecule has 0 saturated heterocycles. The first kappa shape index (κ1) is 18.0. The van der Waals surface area contributed by atoms with Gasteiger partial charge in [-0.3, -0.25) is 4.79 Å². The third kappa shape index (κ3) is 5.38. The van der Waals surface area contributed by atoms with Crippen LogP contribution in [-0.4, -0.2) is 23.8 Å². The molecule has 24 heavy (non-hydrogen) atoms. The van der Waals surface area contributed by atoms with Gasteiger partial charge in [-0.15, -0.1) is 6.58 Å². The molecule has 5 nitrogen and oxygen atoms in total. The standard InChI is InChI=1S/C18H18IN3O2/c1-2-4-13-5-3-6-14(18(13)24)11-21-22-17(23)12-20-16-9-7-15(19)8-10-16/h2-3,5-11,20,24H,1,4,12H2,(H,22,23). The lowest BCUT2D eigenvalue weighted by atomic mass is 10.1. The molecule has 2 rings (SSSR count). The highest BCUT2D eigenvalue weighted by molar-refractivity contribution is 14.1. The summed E-state index contributed by atoms with van der Waals surface area (Å²) in [6.45, 7) is 3.76. The molecule has 0 radical (unpaired) electrons. The van der Waals surface area contributed by atoms with Gasteiger partial charge in [0, 0.05) is 14.8 Å². The Morgan fingerprint density at radius 3 is 2.71 bits per heavy atom. The molecule has 0 aromatic heterocycles. The Bertz CT molecular complexity index is 742. The van der Waals surface area contributed by atoms with E-state index in [2.05, 4.69) is 45.0 Å². The van der Waals surface area contributed by atoms with Crippen LogP contribution in [0, 0.1) is 3.57 Å². The number of hydrogen-bond donors (Lipinski definition) is 3. The molecule has 2 aromatic carbocycles. The zero-order valence-corrected chi connectivity index (χ0v) is 15.2. The molecule has 0 unspecified atom stereocenters. The Kier molecular flexibility index (Phi) is 6.80. The van der Waals surface area contributed by atoms with E-state index in [0.717, 1.165) is 14.8 Å². The normalized spacial score (nSPS) is 10.5. The number of carbonyl (C=O) groups excluding carboxylic acids is 1. The number of nitrogens with one attached hydrogen (secondary N) is 2. The lowest BCUT2D eigenvalue weighted by molar-refractivity contribution is -0.119. The SMILES string of the molecule is C=CCc1cccc(C=NNC(=O)CNc2ccc(I)cc2)c1O. The topological polar surface area (TPSA) is 73.7 Å². The predicted octanol–water partition coefficient (Wildman–Crippen LogP) is 3.29. The summed E-state index contributed by atoms with van der Waals surface area (Å²) in [7, 11) is 0. The van der Waals surface area contributed by atoms with Crippen LogP contribution in [0.15, 0.2) is 60.2 Å². The van der Waals surface area contributed by atoms with Gasteiger partial charge >= 0.3 is 0 Å². The molecule has 0 aliphatic carbocycles. The van der Waals surface area contributed by atoms with Crippen molar-refractivity contribution in [3.63, 3.8) is 0 Å². The minimum Gasteiger partial charge on any atom is -0.507 e. The number of hydrogen-bond acceptors (Lipinski definition) is 4. The number of para-hydroxylation sites is 1. The molecule has 1 amide bonds. The Labute approximate surface area is 154 Å². The maximum absolute atomic E-state index is 11.8. The number of carbonyl (C=O) groups is 1. The fourth-order valence-corrected chi connectivity index (χ4v) is 2.36. The number of halogens is 1. The predicted molar refractivity (Wildman–Crippen MR) is 105 cm³/mol. The van der Waals surface area contributed by atoms with Gasteiger partial charge < -0.3 is 10.4 Å². The third-order valence-electron chi connectivity index (χ3n) is 3.21. The van der Waals surface area contributed by atoms with Crippen molar-refractivity contribution < 1.29 is 9.90 Å². The van der Waals surface area contributed by atoms with Crippen LogP contribution in [0.2, 0.25) is 0 Å². The van der Waals surface area contributed by atoms with Gasteiger partial charge in [0.15, 0.2) is 0 Å². The smallest absolute Gasteiger partial charge is 0.259 e. The number of allylic oxidation sites excluding steroid dienone is 1. The molecule has 0 spiro atoms. The largest absolute Gasteiger partial charge is 0.507 e. The van der Waals surface area contributed by atoms with Crippen molar-refractivity contribution in [1.29, 1.82) is 0 Å². The van der Waals surface area contributed by atoms with E-state index < -0.39 is 0 Å². The second-order valence-electron chi connectivity index (χ2n) is 5.00. The minimum absolute atomic E-state index is 0.112. The molecule has 0 saturated carbocycles. The van der Waals surface area contributed by atoms with Crippen LogP contribution in [0.3, 0.4) is 0 Å². The molecular weight excluding hydrogens is 417 g/mol. The van der Waals surface area contributed by atoms with Crippen molar-refractivity contribution in [3.8, 4) is 5.75 Å². The maximum atomic E-state index is 11.8. The number of rotatable bonds is 7. The lowest BCUT2D eigenvalue weighted by Crippen LogP contribution is -2.25. The molecule has 0 aliphatic heterocycles. The maximum Gasteiger partial charge on any atom is 0.259 e. The van der Waals surface area contributed by atoms with Gasteiger partial charge in [-0.25, -0.2) is 5.43 Å². The van der Waals surface area contributed by atoms with Crippen LogP contribution in [0.25, 0.3) is 0 Å². The molecule has 3 N–H and O–H groups in total. The first-order valence-corrected chi connectivity index (χ1v) is 8.41. The zero-order valence-electron chi connectivity index (χ0n) is 13.0. The van der Waals surface area contributed by atoms with Crippen LogP contribution in [0.5, 0.6) is 5.75 Å². The van der Waals surface area contributed by atoms with Crippen molar-refractivity contribution in [2.24, 2.45) is 5.10 Å². The quantitative estimate of drug-likeness (QED) is 0.271. The summed E-state index contributed by atoms with van der Waals surface area (Å²) in [6, 6.07) is 13.1. The fraction of sp³-hybridized carbons (Fsp3) is 0.111. The molecule has 0 atom stereocenters. The minimum atomic E-state index is -0.272. The van der Waals surface area contributed by atoms with Gasteiger partial charge in [-0.2, -0.15) is 5.10 Å². The summed E-state index contributed by atoms with van der Waals surface area (Å²) in [5.41, 5.74) is 4.60. The average Bonchev–Trinajstić information content (AvgIpc) is 2.58. The van der Waals surface area contributed by atoms with Crippen LogP contribution in [0.1, 0.15) is 11.1 Å². The molecule has 124 valence electrons. The van der Waals surface area contributed by atoms with Gasteiger partial charge in [-0.05, 0) is 64.9 Å². The van der Waals surface area contributed by atoms with Crippen molar-refractivity contribution >= 4 is 40.4 Å². The molecule has 0 bridgehead atoms. The summed E-state index contributed by atoms with van der Waals surface area (Å²) in [6.07, 6.45) is 3.71. The number of phenolic OH excluding ortho intramolecular Hbond substituents is 1. The van der Waals surface area contributed by atoms with Crippen molar-refractivity contribution in [2.45, 2.75) is 6.42 Å². The fourth-order valence-electron chi connectivity index (χ4n) is 2.00. The van der Waals surface area contributed by atoms with Crippen molar-refractivity contribution in [2.75, 3.05) is 11.9 Å². The number of amides is 1. The summed E-state index contributed by atoms with van der Waals surface area (Å²) < 4.78 is 1.13. The molecule has 6 heteroatoms. The summed E-state index contributed by atoms with van der Waals surface area (Å²) in [4.78, 5) is 11.8. The first-order valence-electron chi connectivity index (χ1n) is 7.33. The van der Waals surface area contributed by atoms with Gasteiger partial charge in [0.2, 0.25) is 0 Å². The zero-order chi connectivity index (χ0) is 17.4. The second kappa shape index (κ2) is 9.07. The van der Waals surface area contributed by atoms with E-state index in [1.54, 1.807) is 12.1 Å². The summed E-state index contributed by atoms with van der Waals surface area (Å²) in [5.74, 6) is -0.126. The van der Waals surface area contributed by atoms with E-state index in [9.17, 15) is 9.90 Å². The van der Waals surface area contributed by atoms with E-state index >= 15 is 0 Å². The highest BCUT2D eigenvalue weighted by Gasteiger charge is 2.04. The second-order valence-corrected chi connectivity index (χ2v) is 6.25. The number of phenols is 1. The van der Waals surface area contributed by atoms with Crippen molar-refractivity contribution in [3.05, 3.63) is 69.8 Å². The van der Waals surface area contributed by atoms with Gasteiger partial charge in [0.1, 0.15) is 5.75 Å². The lowest BCUT2D eigenvalue weighted by Gasteiger charge is -2.06. The van der Waals surface area contributed by atoms with E-state index in [1.807, 2.05) is 36.4 Å². The molecule has 0 aliphatic rings. The Morgan fingerprint density at radius 2 is 2.00 bits per heavy atom. The Hall–Kier alpha value is -2.35. The highest BCUT2D eigenvalue weighted by Crippen LogP contribution is 2.21. The summed E-state index contributed by atoms with van der Waals surface area (Å²) >= 11 is 2.22. The monoisotopic (exact) mass is 435 g/mol. The van der Waals surface area contributed by atoms with Gasteiger partial charge in [-0.1, -0.05) is 18.2 Å². The Morgan fingerprint density at radius 1 is 1.25 bits per heavy atom. The number of aromatic hydroxyl groups is 1. The molecule has 2 aromatic rings. The molecule has 0 heterocycles. The summed E-state index contributed by atoms with van der Waals surface area (Å²) in [5, 5.41) is 17.0. The van der Waals surface area contributed by atoms with E-state index in [4.69, 9.17) is 0 Å². The molecular formula is C18H18IN3O2. The van der Waals surface area contributed by atoms with Crippen LogP contribution < -0.4 is 10.7 Å². The van der Waals surface area contributed by atoms with Gasteiger partial charge in [0.05, 0.1) is 12.8 Å².